The molecule has 1 N–H and O–H groups in total. The quantitative estimate of drug-likeness (QED) is 0.889. The van der Waals surface area contributed by atoms with Gasteiger partial charge in [0.05, 0.1) is 6.04 Å². The van der Waals surface area contributed by atoms with Crippen LogP contribution in [-0.4, -0.2) is 55.0 Å². The van der Waals surface area contributed by atoms with E-state index in [-0.39, 0.29) is 17.8 Å². The van der Waals surface area contributed by atoms with Gasteiger partial charge in [0.15, 0.2) is 0 Å². The molecule has 2 aliphatic rings. The summed E-state index contributed by atoms with van der Waals surface area (Å²) in [6, 6.07) is 5.16. The first-order valence-corrected chi connectivity index (χ1v) is 9.59. The van der Waals surface area contributed by atoms with E-state index in [9.17, 15) is 9.18 Å². The number of amides is 1. The van der Waals surface area contributed by atoms with Crippen LogP contribution >= 0.6 is 0 Å². The molecule has 1 saturated heterocycles. The third-order valence-electron chi connectivity index (χ3n) is 5.79. The van der Waals surface area contributed by atoms with E-state index < -0.39 is 0 Å². The standard InChI is InChI=1S/C20H30FN3O/c1-3-23-11-13-24(14-12-23)10-9-19(25)22-20-15(2)7-8-16-17(20)5-4-6-18(16)21/h4-6,15,20H,3,7-14H2,1-2H3,(H,22,25). The van der Waals surface area contributed by atoms with E-state index in [1.807, 2.05) is 6.07 Å². The molecule has 1 heterocycles. The van der Waals surface area contributed by atoms with Gasteiger partial charge in [-0.3, -0.25) is 4.79 Å². The zero-order valence-electron chi connectivity index (χ0n) is 15.4. The summed E-state index contributed by atoms with van der Waals surface area (Å²) in [4.78, 5) is 17.3. The lowest BCUT2D eigenvalue weighted by Crippen LogP contribution is -2.47. The van der Waals surface area contributed by atoms with Gasteiger partial charge >= 0.3 is 0 Å². The van der Waals surface area contributed by atoms with Crippen molar-refractivity contribution in [2.45, 2.75) is 39.2 Å². The normalized spacial score (nSPS) is 24.8. The summed E-state index contributed by atoms with van der Waals surface area (Å²) in [5.41, 5.74) is 1.74. The third-order valence-corrected chi connectivity index (χ3v) is 5.79. The maximum absolute atomic E-state index is 14.0. The fraction of sp³-hybridized carbons (Fsp3) is 0.650. The Morgan fingerprint density at radius 2 is 1.96 bits per heavy atom. The zero-order valence-corrected chi connectivity index (χ0v) is 15.4. The topological polar surface area (TPSA) is 35.6 Å². The Bertz CT molecular complexity index is 599. The first-order chi connectivity index (χ1) is 12.1. The van der Waals surface area contributed by atoms with E-state index in [0.717, 1.165) is 63.2 Å². The number of hydrogen-bond donors (Lipinski definition) is 1. The lowest BCUT2D eigenvalue weighted by molar-refractivity contribution is -0.122. The van der Waals surface area contributed by atoms with Crippen molar-refractivity contribution in [2.24, 2.45) is 5.92 Å². The van der Waals surface area contributed by atoms with Crippen LogP contribution < -0.4 is 5.32 Å². The average molecular weight is 347 g/mol. The van der Waals surface area contributed by atoms with Gasteiger partial charge in [0, 0.05) is 39.1 Å². The van der Waals surface area contributed by atoms with Gasteiger partial charge in [0.2, 0.25) is 5.91 Å². The first-order valence-electron chi connectivity index (χ1n) is 9.59. The van der Waals surface area contributed by atoms with Gasteiger partial charge in [-0.2, -0.15) is 0 Å². The van der Waals surface area contributed by atoms with Crippen LogP contribution in [0.5, 0.6) is 0 Å². The van der Waals surface area contributed by atoms with E-state index in [2.05, 4.69) is 29.0 Å². The number of carbonyl (C=O) groups excluding carboxylic acids is 1. The molecule has 3 rings (SSSR count). The van der Waals surface area contributed by atoms with Gasteiger partial charge in [-0.1, -0.05) is 26.0 Å². The molecule has 1 amide bonds. The molecule has 1 aromatic carbocycles. The van der Waals surface area contributed by atoms with Gasteiger partial charge < -0.3 is 15.1 Å². The highest BCUT2D eigenvalue weighted by Crippen LogP contribution is 2.35. The van der Waals surface area contributed by atoms with Crippen molar-refractivity contribution in [3.63, 3.8) is 0 Å². The van der Waals surface area contributed by atoms with Crippen molar-refractivity contribution in [3.05, 3.63) is 35.1 Å². The Hall–Kier alpha value is -1.46. The summed E-state index contributed by atoms with van der Waals surface area (Å²) >= 11 is 0. The molecule has 25 heavy (non-hydrogen) atoms. The number of halogens is 1. The van der Waals surface area contributed by atoms with Gasteiger partial charge in [-0.25, -0.2) is 4.39 Å². The van der Waals surface area contributed by atoms with Crippen LogP contribution in [0.2, 0.25) is 0 Å². The number of piperazine rings is 1. The van der Waals surface area contributed by atoms with Crippen LogP contribution in [-0.2, 0) is 11.2 Å². The Labute approximate surface area is 150 Å². The first kappa shape index (κ1) is 18.3. The lowest BCUT2D eigenvalue weighted by atomic mass is 9.80. The monoisotopic (exact) mass is 347 g/mol. The lowest BCUT2D eigenvalue weighted by Gasteiger charge is -2.34. The summed E-state index contributed by atoms with van der Waals surface area (Å²) in [6.45, 7) is 10.5. The minimum absolute atomic E-state index is 0.0658. The van der Waals surface area contributed by atoms with Crippen molar-refractivity contribution >= 4 is 5.91 Å². The van der Waals surface area contributed by atoms with Gasteiger partial charge in [0.25, 0.3) is 0 Å². The zero-order chi connectivity index (χ0) is 17.8. The van der Waals surface area contributed by atoms with Crippen molar-refractivity contribution < 1.29 is 9.18 Å². The molecule has 2 unspecified atom stereocenters. The van der Waals surface area contributed by atoms with E-state index in [0.29, 0.717) is 12.3 Å². The number of rotatable bonds is 5. The largest absolute Gasteiger partial charge is 0.349 e. The third kappa shape index (κ3) is 4.39. The Morgan fingerprint density at radius 1 is 1.24 bits per heavy atom. The molecular formula is C20H30FN3O. The highest BCUT2D eigenvalue weighted by molar-refractivity contribution is 5.76. The number of carbonyl (C=O) groups is 1. The summed E-state index contributed by atoms with van der Waals surface area (Å²) in [5.74, 6) is 0.274. The van der Waals surface area contributed by atoms with Crippen molar-refractivity contribution in [1.29, 1.82) is 0 Å². The van der Waals surface area contributed by atoms with E-state index in [1.54, 1.807) is 6.07 Å². The minimum Gasteiger partial charge on any atom is -0.349 e. The van der Waals surface area contributed by atoms with Crippen molar-refractivity contribution in [1.82, 2.24) is 15.1 Å². The summed E-state index contributed by atoms with van der Waals surface area (Å²) in [5, 5.41) is 3.17. The molecule has 1 aromatic rings. The predicted molar refractivity (Wildman–Crippen MR) is 97.9 cm³/mol. The SMILES string of the molecule is CCN1CCN(CCC(=O)NC2c3cccc(F)c3CCC2C)CC1. The van der Waals surface area contributed by atoms with Gasteiger partial charge in [-0.05, 0) is 42.5 Å². The number of hydrogen-bond acceptors (Lipinski definition) is 3. The van der Waals surface area contributed by atoms with Gasteiger partial charge in [-0.15, -0.1) is 0 Å². The molecule has 0 aromatic heterocycles. The summed E-state index contributed by atoms with van der Waals surface area (Å²) in [7, 11) is 0. The maximum atomic E-state index is 14.0. The molecule has 0 bridgehead atoms. The molecule has 4 nitrogen and oxygen atoms in total. The van der Waals surface area contributed by atoms with Crippen LogP contribution in [0.25, 0.3) is 0 Å². The second-order valence-corrected chi connectivity index (χ2v) is 7.39. The Kier molecular flexibility index (Phi) is 6.07. The highest BCUT2D eigenvalue weighted by atomic mass is 19.1. The molecule has 5 heteroatoms. The number of fused-ring (bicyclic) bond motifs is 1. The van der Waals surface area contributed by atoms with Crippen LogP contribution in [0.3, 0.4) is 0 Å². The average Bonchev–Trinajstić information content (AvgIpc) is 2.63. The Morgan fingerprint density at radius 3 is 2.68 bits per heavy atom. The van der Waals surface area contributed by atoms with Crippen LogP contribution in [0.1, 0.15) is 43.9 Å². The molecule has 0 spiro atoms. The summed E-state index contributed by atoms with van der Waals surface area (Å²) in [6.07, 6.45) is 2.19. The van der Waals surface area contributed by atoms with E-state index >= 15 is 0 Å². The highest BCUT2D eigenvalue weighted by Gasteiger charge is 2.29. The number of likely N-dealkylation sites (N-methyl/N-ethyl adjacent to an activating group) is 1. The second kappa shape index (κ2) is 8.28. The molecule has 2 atom stereocenters. The van der Waals surface area contributed by atoms with E-state index in [1.165, 1.54) is 6.07 Å². The van der Waals surface area contributed by atoms with E-state index in [4.69, 9.17) is 0 Å². The maximum Gasteiger partial charge on any atom is 0.221 e. The molecular weight excluding hydrogens is 317 g/mol. The van der Waals surface area contributed by atoms with Gasteiger partial charge in [0.1, 0.15) is 5.82 Å². The number of nitrogens with one attached hydrogen (secondary N) is 1. The van der Waals surface area contributed by atoms with Crippen LogP contribution in [0, 0.1) is 11.7 Å². The molecule has 0 radical (unpaired) electrons. The number of benzene rings is 1. The molecule has 1 aliphatic carbocycles. The molecule has 138 valence electrons. The predicted octanol–water partition coefficient (Wildman–Crippen LogP) is 2.59. The number of nitrogens with zero attached hydrogens (tertiary/aromatic N) is 2. The molecule has 1 aliphatic heterocycles. The van der Waals surface area contributed by atoms with Crippen LogP contribution in [0.15, 0.2) is 18.2 Å². The minimum atomic E-state index is -0.141. The fourth-order valence-electron chi connectivity index (χ4n) is 4.03. The van der Waals surface area contributed by atoms with Crippen molar-refractivity contribution in [3.8, 4) is 0 Å². The fourth-order valence-corrected chi connectivity index (χ4v) is 4.03. The Balaban J connectivity index is 1.54. The van der Waals surface area contributed by atoms with Crippen LogP contribution in [0.4, 0.5) is 4.39 Å². The smallest absolute Gasteiger partial charge is 0.221 e. The molecule has 0 saturated carbocycles. The molecule has 1 fully saturated rings. The van der Waals surface area contributed by atoms with Crippen molar-refractivity contribution in [2.75, 3.05) is 39.3 Å². The second-order valence-electron chi connectivity index (χ2n) is 7.39. The summed E-state index contributed by atoms with van der Waals surface area (Å²) < 4.78 is 14.0.